The van der Waals surface area contributed by atoms with E-state index in [2.05, 4.69) is 10.4 Å². The number of hydrogen-bond acceptors (Lipinski definition) is 8. The van der Waals surface area contributed by atoms with E-state index in [1.54, 1.807) is 25.4 Å². The number of hydrogen-bond donors (Lipinski definition) is 1. The molecular weight excluding hydrogens is 517 g/mol. The molecule has 1 aliphatic heterocycles. The van der Waals surface area contributed by atoms with Gasteiger partial charge in [0.15, 0.2) is 0 Å². The number of halogens is 1. The van der Waals surface area contributed by atoms with Crippen LogP contribution in [0.5, 0.6) is 5.75 Å². The lowest BCUT2D eigenvalue weighted by Gasteiger charge is -2.40. The maximum absolute atomic E-state index is 13.0. The lowest BCUT2D eigenvalue weighted by Crippen LogP contribution is -2.43. The van der Waals surface area contributed by atoms with E-state index in [9.17, 15) is 14.0 Å². The number of carbonyl (C=O) groups excluding carboxylic acids is 2. The minimum atomic E-state index is -0.639. The Morgan fingerprint density at radius 3 is 2.48 bits per heavy atom. The normalized spacial score (nSPS) is 18.0. The van der Waals surface area contributed by atoms with Gasteiger partial charge >= 0.3 is 12.1 Å². The van der Waals surface area contributed by atoms with Crippen LogP contribution in [0.2, 0.25) is 0 Å². The molecule has 2 atom stereocenters. The SMILES string of the molecule is COC(=O)c1ccc([C@@H]2C[C@@H](OCCF)CCN2Nc2c(OC)cc(C)c3c2ccn3C(=O)OC(C)(C)C)cc1. The summed E-state index contributed by atoms with van der Waals surface area (Å²) in [6.45, 7) is 7.54. The van der Waals surface area contributed by atoms with Crippen molar-refractivity contribution < 1.29 is 32.9 Å². The zero-order valence-corrected chi connectivity index (χ0v) is 24.0. The first-order chi connectivity index (χ1) is 19.1. The van der Waals surface area contributed by atoms with Crippen molar-refractivity contribution in [3.8, 4) is 5.75 Å². The number of anilines is 1. The van der Waals surface area contributed by atoms with E-state index < -0.39 is 24.3 Å². The zero-order chi connectivity index (χ0) is 29.0. The fourth-order valence-corrected chi connectivity index (χ4v) is 5.09. The van der Waals surface area contributed by atoms with Crippen LogP contribution >= 0.6 is 0 Å². The summed E-state index contributed by atoms with van der Waals surface area (Å²) in [4.78, 5) is 25.0. The predicted octanol–water partition coefficient (Wildman–Crippen LogP) is 6.05. The van der Waals surface area contributed by atoms with Gasteiger partial charge in [-0.25, -0.2) is 19.0 Å². The van der Waals surface area contributed by atoms with Crippen LogP contribution in [0.25, 0.3) is 10.9 Å². The summed E-state index contributed by atoms with van der Waals surface area (Å²) >= 11 is 0. The van der Waals surface area contributed by atoms with Crippen molar-refractivity contribution in [2.24, 2.45) is 0 Å². The number of nitrogens with zero attached hydrogens (tertiary/aromatic N) is 2. The molecule has 1 saturated heterocycles. The lowest BCUT2D eigenvalue weighted by atomic mass is 9.94. The first kappa shape index (κ1) is 29.4. The summed E-state index contributed by atoms with van der Waals surface area (Å²) in [6.07, 6.45) is 2.43. The van der Waals surface area contributed by atoms with Crippen molar-refractivity contribution in [2.75, 3.05) is 39.5 Å². The first-order valence-corrected chi connectivity index (χ1v) is 13.4. The molecule has 0 amide bonds. The first-order valence-electron chi connectivity index (χ1n) is 13.4. The van der Waals surface area contributed by atoms with Crippen molar-refractivity contribution in [1.29, 1.82) is 0 Å². The molecule has 2 heterocycles. The molecule has 1 fully saturated rings. The highest BCUT2D eigenvalue weighted by Gasteiger charge is 2.32. The molecule has 1 aromatic heterocycles. The summed E-state index contributed by atoms with van der Waals surface area (Å²) < 4.78 is 36.4. The van der Waals surface area contributed by atoms with E-state index in [1.165, 1.54) is 11.7 Å². The average Bonchev–Trinajstić information content (AvgIpc) is 3.39. The van der Waals surface area contributed by atoms with Crippen molar-refractivity contribution in [2.45, 2.75) is 58.3 Å². The quantitative estimate of drug-likeness (QED) is 0.336. The number of aromatic nitrogens is 1. The number of alkyl halides is 1. The number of aryl methyl sites for hydroxylation is 1. The van der Waals surface area contributed by atoms with Gasteiger partial charge < -0.3 is 24.4 Å². The molecule has 40 heavy (non-hydrogen) atoms. The highest BCUT2D eigenvalue weighted by molar-refractivity contribution is 6.01. The van der Waals surface area contributed by atoms with Gasteiger partial charge in [0.25, 0.3) is 0 Å². The number of nitrogens with one attached hydrogen (secondary N) is 1. The number of hydrazine groups is 1. The maximum Gasteiger partial charge on any atom is 0.419 e. The summed E-state index contributed by atoms with van der Waals surface area (Å²) in [7, 11) is 2.96. The second-order valence-corrected chi connectivity index (χ2v) is 10.8. The Morgan fingerprint density at radius 1 is 1.12 bits per heavy atom. The van der Waals surface area contributed by atoms with E-state index in [-0.39, 0.29) is 18.8 Å². The third-order valence-corrected chi connectivity index (χ3v) is 6.89. The molecule has 0 aliphatic carbocycles. The number of rotatable bonds is 8. The Balaban J connectivity index is 1.71. The van der Waals surface area contributed by atoms with Gasteiger partial charge in [-0.15, -0.1) is 0 Å². The second-order valence-electron chi connectivity index (χ2n) is 10.8. The predicted molar refractivity (Wildman–Crippen MR) is 151 cm³/mol. The van der Waals surface area contributed by atoms with E-state index in [1.807, 2.05) is 52.0 Å². The molecule has 4 rings (SSSR count). The summed E-state index contributed by atoms with van der Waals surface area (Å²) in [6, 6.07) is 10.9. The smallest absolute Gasteiger partial charge is 0.419 e. The third kappa shape index (κ3) is 6.39. The molecule has 3 aromatic rings. The van der Waals surface area contributed by atoms with Crippen LogP contribution in [0.1, 0.15) is 61.1 Å². The van der Waals surface area contributed by atoms with Gasteiger partial charge in [-0.3, -0.25) is 4.57 Å². The Labute approximate surface area is 234 Å². The molecule has 0 saturated carbocycles. The van der Waals surface area contributed by atoms with E-state index >= 15 is 0 Å². The van der Waals surface area contributed by atoms with Crippen LogP contribution in [-0.2, 0) is 14.2 Å². The zero-order valence-electron chi connectivity index (χ0n) is 24.0. The van der Waals surface area contributed by atoms with Crippen LogP contribution in [0, 0.1) is 6.92 Å². The van der Waals surface area contributed by atoms with Crippen LogP contribution < -0.4 is 10.2 Å². The summed E-state index contributed by atoms with van der Waals surface area (Å²) in [5.74, 6) is 0.221. The molecule has 9 nitrogen and oxygen atoms in total. The van der Waals surface area contributed by atoms with Gasteiger partial charge in [-0.2, -0.15) is 0 Å². The Morgan fingerprint density at radius 2 is 1.85 bits per heavy atom. The third-order valence-electron chi connectivity index (χ3n) is 6.89. The van der Waals surface area contributed by atoms with Gasteiger partial charge in [-0.1, -0.05) is 12.1 Å². The van der Waals surface area contributed by atoms with Gasteiger partial charge in [0.1, 0.15) is 23.7 Å². The minimum absolute atomic E-state index is 0.0523. The van der Waals surface area contributed by atoms with Gasteiger partial charge in [0.2, 0.25) is 0 Å². The van der Waals surface area contributed by atoms with Crippen molar-refractivity contribution in [3.05, 3.63) is 59.3 Å². The van der Waals surface area contributed by atoms with E-state index in [4.69, 9.17) is 18.9 Å². The van der Waals surface area contributed by atoms with Crippen molar-refractivity contribution in [3.63, 3.8) is 0 Å². The number of esters is 1. The minimum Gasteiger partial charge on any atom is -0.495 e. The number of carbonyl (C=O) groups is 2. The molecule has 10 heteroatoms. The largest absolute Gasteiger partial charge is 0.495 e. The number of benzene rings is 2. The highest BCUT2D eigenvalue weighted by atomic mass is 19.1. The molecule has 0 radical (unpaired) electrons. The van der Waals surface area contributed by atoms with Crippen LogP contribution in [0.3, 0.4) is 0 Å². The molecule has 2 aromatic carbocycles. The highest BCUT2D eigenvalue weighted by Crippen LogP contribution is 2.40. The number of fused-ring (bicyclic) bond motifs is 1. The van der Waals surface area contributed by atoms with Crippen molar-refractivity contribution >= 4 is 28.7 Å². The Hall–Kier alpha value is -3.63. The molecule has 0 unspecified atom stereocenters. The summed E-state index contributed by atoms with van der Waals surface area (Å²) in [5, 5.41) is 2.90. The Bertz CT molecular complexity index is 1350. The molecule has 0 bridgehead atoms. The number of ether oxygens (including phenoxy) is 4. The van der Waals surface area contributed by atoms with Gasteiger partial charge in [0, 0.05) is 18.1 Å². The van der Waals surface area contributed by atoms with Crippen LogP contribution in [-0.4, -0.2) is 67.4 Å². The molecule has 0 spiro atoms. The molecule has 216 valence electrons. The summed E-state index contributed by atoms with van der Waals surface area (Å²) in [5.41, 5.74) is 6.64. The molecule has 1 N–H and O–H groups in total. The lowest BCUT2D eigenvalue weighted by molar-refractivity contribution is -0.0139. The standard InChI is InChI=1S/C30H38FN3O6/c1-19-17-25(37-5)26(23-12-14-33(27(19)23)29(36)40-30(2,3)4)32-34-15-11-22(39-16-13-31)18-24(34)20-7-9-21(10-8-20)28(35)38-6/h7-10,12,14,17,22,24,32H,11,13,15-16,18H2,1-6H3/t22-,24-/m0/s1. The van der Waals surface area contributed by atoms with Crippen molar-refractivity contribution in [1.82, 2.24) is 9.58 Å². The van der Waals surface area contributed by atoms with Gasteiger partial charge in [-0.05, 0) is 75.9 Å². The van der Waals surface area contributed by atoms with E-state index in [0.29, 0.717) is 36.4 Å². The fraction of sp³-hybridized carbons (Fsp3) is 0.467. The second kappa shape index (κ2) is 12.3. The van der Waals surface area contributed by atoms with Crippen LogP contribution in [0.4, 0.5) is 14.9 Å². The van der Waals surface area contributed by atoms with Crippen LogP contribution in [0.15, 0.2) is 42.6 Å². The monoisotopic (exact) mass is 555 g/mol. The molecular formula is C30H38FN3O6. The topological polar surface area (TPSA) is 91.3 Å². The maximum atomic E-state index is 13.0. The Kier molecular flexibility index (Phi) is 9.00. The number of methoxy groups -OCH3 is 2. The average molecular weight is 556 g/mol. The molecule has 1 aliphatic rings. The van der Waals surface area contributed by atoms with E-state index in [0.717, 1.165) is 22.0 Å². The van der Waals surface area contributed by atoms with Gasteiger partial charge in [0.05, 0.1) is 44.1 Å². The number of piperidine rings is 1. The fourth-order valence-electron chi connectivity index (χ4n) is 5.09.